The molecule has 0 heterocycles. The molecule has 0 bridgehead atoms. The third-order valence-electron chi connectivity index (χ3n) is 0.268. The summed E-state index contributed by atoms with van der Waals surface area (Å²) in [6.45, 7) is 1.34. The van der Waals surface area contributed by atoms with E-state index in [1.807, 2.05) is 0 Å². The summed E-state index contributed by atoms with van der Waals surface area (Å²) in [6, 6.07) is 1.59. The first kappa shape index (κ1) is 10.1. The summed E-state index contributed by atoms with van der Waals surface area (Å²) in [6.07, 6.45) is 0.958. The Kier molecular flexibility index (Phi) is 8.70. The number of nitrogens with zero attached hydrogens (tertiary/aromatic N) is 1. The van der Waals surface area contributed by atoms with Gasteiger partial charge < -0.3 is 5.11 Å². The summed E-state index contributed by atoms with van der Waals surface area (Å²) >= 11 is 0. The molecule has 0 rings (SSSR count). The molecule has 0 aliphatic heterocycles. The molecule has 0 aromatic rings. The minimum atomic E-state index is -0.197. The third-order valence-corrected chi connectivity index (χ3v) is 0.268. The number of nitriles is 1. The minimum Gasteiger partial charge on any atom is -0.875 e. The van der Waals surface area contributed by atoms with Crippen LogP contribution in [0.1, 0.15) is 6.92 Å². The van der Waals surface area contributed by atoms with Gasteiger partial charge in [0.25, 0.3) is 0 Å². The summed E-state index contributed by atoms with van der Waals surface area (Å²) < 4.78 is 0. The van der Waals surface area contributed by atoms with E-state index in [1.165, 1.54) is 6.92 Å². The van der Waals surface area contributed by atoms with Gasteiger partial charge in [-0.25, -0.2) is 0 Å². The van der Waals surface area contributed by atoms with E-state index in [1.54, 1.807) is 6.07 Å². The van der Waals surface area contributed by atoms with Crippen LogP contribution in [0.15, 0.2) is 11.8 Å². The number of rotatable bonds is 0. The van der Waals surface area contributed by atoms with Crippen molar-refractivity contribution < 1.29 is 34.7 Å². The van der Waals surface area contributed by atoms with Crippen molar-refractivity contribution in [3.63, 3.8) is 0 Å². The van der Waals surface area contributed by atoms with Crippen LogP contribution in [0.25, 0.3) is 0 Å². The molecule has 2 nitrogen and oxygen atoms in total. The maximum Gasteiger partial charge on any atom is 1.00 e. The van der Waals surface area contributed by atoms with Crippen molar-refractivity contribution in [3.8, 4) is 6.07 Å². The van der Waals surface area contributed by atoms with Crippen LogP contribution < -0.4 is 34.7 Å². The van der Waals surface area contributed by atoms with Crippen molar-refractivity contribution in [2.75, 3.05) is 0 Å². The molecule has 0 N–H and O–H groups in total. The maximum atomic E-state index is 9.77. The maximum absolute atomic E-state index is 9.77. The standard InChI is InChI=1S/C4H5NO.Na/c1-4(6)2-3-5;/h2,6H,1H3;/q;+1/p-1/b4-2+;. The average Bonchev–Trinajstić information content (AvgIpc) is 1.35. The Morgan fingerprint density at radius 2 is 2.29 bits per heavy atom. The van der Waals surface area contributed by atoms with Crippen molar-refractivity contribution in [1.29, 1.82) is 5.26 Å². The fraction of sp³-hybridized carbons (Fsp3) is 0.250. The van der Waals surface area contributed by atoms with Gasteiger partial charge in [-0.3, -0.25) is 0 Å². The monoisotopic (exact) mass is 105 g/mol. The topological polar surface area (TPSA) is 46.8 Å². The SMILES string of the molecule is C/C([O-])=C\C#N.[Na+]. The average molecular weight is 105 g/mol. The fourth-order valence-electron chi connectivity index (χ4n) is 0.0909. The quantitative estimate of drug-likeness (QED) is 0.185. The molecule has 0 fully saturated rings. The first-order valence-electron chi connectivity index (χ1n) is 1.51. The van der Waals surface area contributed by atoms with Gasteiger partial charge in [0.15, 0.2) is 0 Å². The Morgan fingerprint density at radius 3 is 2.29 bits per heavy atom. The molecule has 0 aromatic carbocycles. The Bertz CT molecular complexity index is 98.7. The molecule has 0 saturated heterocycles. The van der Waals surface area contributed by atoms with Gasteiger partial charge >= 0.3 is 29.6 Å². The first-order chi connectivity index (χ1) is 2.77. The number of allylic oxidation sites excluding steroid dienone is 2. The van der Waals surface area contributed by atoms with Gasteiger partial charge in [-0.05, 0) is 0 Å². The molecule has 0 aliphatic rings. The predicted octanol–water partition coefficient (Wildman–Crippen LogP) is -3.22. The van der Waals surface area contributed by atoms with Crippen molar-refractivity contribution in [2.24, 2.45) is 0 Å². The molecule has 0 spiro atoms. The number of hydrogen-bond acceptors (Lipinski definition) is 2. The molecule has 0 atom stereocenters. The zero-order valence-corrected chi connectivity index (χ0v) is 6.43. The van der Waals surface area contributed by atoms with Crippen molar-refractivity contribution in [1.82, 2.24) is 0 Å². The van der Waals surface area contributed by atoms with Crippen LogP contribution >= 0.6 is 0 Å². The van der Waals surface area contributed by atoms with E-state index >= 15 is 0 Å². The van der Waals surface area contributed by atoms with E-state index in [2.05, 4.69) is 0 Å². The van der Waals surface area contributed by atoms with Crippen molar-refractivity contribution >= 4 is 0 Å². The van der Waals surface area contributed by atoms with Gasteiger partial charge in [0, 0.05) is 6.08 Å². The van der Waals surface area contributed by atoms with E-state index in [-0.39, 0.29) is 35.3 Å². The van der Waals surface area contributed by atoms with Gasteiger partial charge in [-0.15, -0.1) is 5.76 Å². The zero-order chi connectivity index (χ0) is 4.99. The summed E-state index contributed by atoms with van der Waals surface area (Å²) in [7, 11) is 0. The predicted molar refractivity (Wildman–Crippen MR) is 19.4 cm³/mol. The summed E-state index contributed by atoms with van der Waals surface area (Å²) in [4.78, 5) is 0. The van der Waals surface area contributed by atoms with Crippen LogP contribution in [0.3, 0.4) is 0 Å². The molecule has 0 radical (unpaired) electrons. The number of hydrogen-bond donors (Lipinski definition) is 0. The molecule has 0 unspecified atom stereocenters. The Morgan fingerprint density at radius 1 is 1.86 bits per heavy atom. The Balaban J connectivity index is 0. The molecule has 0 aromatic heterocycles. The zero-order valence-electron chi connectivity index (χ0n) is 4.43. The van der Waals surface area contributed by atoms with Crippen LogP contribution in [-0.2, 0) is 0 Å². The Hall–Kier alpha value is 0.0300. The summed E-state index contributed by atoms with van der Waals surface area (Å²) in [5.41, 5.74) is 0. The van der Waals surface area contributed by atoms with Gasteiger partial charge in [0.1, 0.15) is 0 Å². The van der Waals surface area contributed by atoms with Crippen LogP contribution in [0.5, 0.6) is 0 Å². The van der Waals surface area contributed by atoms with Gasteiger partial charge in [-0.2, -0.15) is 5.26 Å². The molecule has 0 saturated carbocycles. The van der Waals surface area contributed by atoms with Crippen LogP contribution in [0, 0.1) is 11.3 Å². The molecule has 3 heteroatoms. The van der Waals surface area contributed by atoms with Crippen LogP contribution in [0.2, 0.25) is 0 Å². The Labute approximate surface area is 64.7 Å². The smallest absolute Gasteiger partial charge is 0.875 e. The molecule has 0 amide bonds. The van der Waals surface area contributed by atoms with E-state index in [0.717, 1.165) is 6.08 Å². The van der Waals surface area contributed by atoms with Gasteiger partial charge in [-0.1, -0.05) is 6.92 Å². The molecular weight excluding hydrogens is 101 g/mol. The molecule has 32 valence electrons. The first-order valence-corrected chi connectivity index (χ1v) is 1.51. The van der Waals surface area contributed by atoms with Crippen LogP contribution in [0.4, 0.5) is 0 Å². The molecule has 0 aliphatic carbocycles. The van der Waals surface area contributed by atoms with Crippen LogP contribution in [-0.4, -0.2) is 0 Å². The van der Waals surface area contributed by atoms with Crippen molar-refractivity contribution in [3.05, 3.63) is 11.8 Å². The summed E-state index contributed by atoms with van der Waals surface area (Å²) in [5, 5.41) is 17.5. The fourth-order valence-corrected chi connectivity index (χ4v) is 0.0909. The minimum absolute atomic E-state index is 0. The second-order valence-electron chi connectivity index (χ2n) is 0.884. The normalized spacial score (nSPS) is 8.86. The molecular formula is C4H4NNaO. The van der Waals surface area contributed by atoms with Crippen molar-refractivity contribution in [2.45, 2.75) is 6.92 Å². The second kappa shape index (κ2) is 6.03. The van der Waals surface area contributed by atoms with E-state index in [4.69, 9.17) is 5.26 Å². The van der Waals surface area contributed by atoms with E-state index < -0.39 is 0 Å². The third kappa shape index (κ3) is 10.7. The van der Waals surface area contributed by atoms with E-state index in [0.29, 0.717) is 0 Å². The van der Waals surface area contributed by atoms with Gasteiger partial charge in [0.05, 0.1) is 6.07 Å². The largest absolute Gasteiger partial charge is 1.00 e. The molecule has 7 heavy (non-hydrogen) atoms. The van der Waals surface area contributed by atoms with Gasteiger partial charge in [0.2, 0.25) is 0 Å². The van der Waals surface area contributed by atoms with E-state index in [9.17, 15) is 5.11 Å². The second-order valence-corrected chi connectivity index (χ2v) is 0.884. The summed E-state index contributed by atoms with van der Waals surface area (Å²) in [5.74, 6) is -0.197.